The number of hydrogen-bond acceptors (Lipinski definition) is 3. The van der Waals surface area contributed by atoms with Gasteiger partial charge in [-0.1, -0.05) is 12.1 Å². The first-order chi connectivity index (χ1) is 12.0. The van der Waals surface area contributed by atoms with E-state index in [1.165, 1.54) is 36.4 Å². The number of halogens is 2. The Bertz CT molecular complexity index is 745. The van der Waals surface area contributed by atoms with E-state index in [-0.39, 0.29) is 30.7 Å². The van der Waals surface area contributed by atoms with Gasteiger partial charge in [0, 0.05) is 6.54 Å². The fourth-order valence-electron chi connectivity index (χ4n) is 2.72. The third-order valence-electron chi connectivity index (χ3n) is 4.32. The van der Waals surface area contributed by atoms with Gasteiger partial charge in [-0.25, -0.2) is 8.78 Å². The van der Waals surface area contributed by atoms with Gasteiger partial charge in [0.1, 0.15) is 30.1 Å². The summed E-state index contributed by atoms with van der Waals surface area (Å²) in [4.78, 5) is 12.4. The van der Waals surface area contributed by atoms with E-state index in [0.29, 0.717) is 24.2 Å². The Morgan fingerprint density at radius 2 is 1.88 bits per heavy atom. The second-order valence-corrected chi connectivity index (χ2v) is 6.22. The number of hydrogen-bond donors (Lipinski definition) is 2. The van der Waals surface area contributed by atoms with Crippen LogP contribution in [0.4, 0.5) is 8.78 Å². The molecule has 2 N–H and O–H groups in total. The van der Waals surface area contributed by atoms with Crippen LogP contribution >= 0.6 is 0 Å². The molecule has 0 aromatic heterocycles. The second kappa shape index (κ2) is 7.19. The van der Waals surface area contributed by atoms with Crippen molar-refractivity contribution in [1.29, 1.82) is 0 Å². The average Bonchev–Trinajstić information content (AvgIpc) is 3.41. The number of aliphatic hydroxyl groups is 1. The van der Waals surface area contributed by atoms with Gasteiger partial charge in [-0.2, -0.15) is 0 Å². The summed E-state index contributed by atoms with van der Waals surface area (Å²) in [6.07, 6.45) is 0.409. The highest BCUT2D eigenvalue weighted by atomic mass is 19.1. The number of ether oxygens (including phenoxy) is 1. The Labute approximate surface area is 144 Å². The molecule has 0 bridgehead atoms. The minimum Gasteiger partial charge on any atom is -0.491 e. The molecule has 0 heterocycles. The first-order valence-corrected chi connectivity index (χ1v) is 8.10. The summed E-state index contributed by atoms with van der Waals surface area (Å²) in [6.45, 7) is -0.00400. The number of rotatable bonds is 7. The molecule has 1 unspecified atom stereocenters. The van der Waals surface area contributed by atoms with Crippen molar-refractivity contribution in [1.82, 2.24) is 5.32 Å². The molecule has 1 aliphatic rings. The van der Waals surface area contributed by atoms with Crippen molar-refractivity contribution in [2.45, 2.75) is 24.4 Å². The third kappa shape index (κ3) is 4.14. The molecule has 0 radical (unpaired) electrons. The molecule has 1 fully saturated rings. The van der Waals surface area contributed by atoms with Gasteiger partial charge in [-0.15, -0.1) is 0 Å². The molecule has 1 amide bonds. The molecule has 25 heavy (non-hydrogen) atoms. The van der Waals surface area contributed by atoms with Crippen molar-refractivity contribution in [2.24, 2.45) is 0 Å². The standard InChI is InChI=1S/C19H19F2NO3/c20-14-4-6-17(7-5-14)25-12-16(23)11-22-18(24)19(8-9-19)13-2-1-3-15(21)10-13/h1-7,10,16,23H,8-9,11-12H2,(H,22,24). The van der Waals surface area contributed by atoms with Gasteiger partial charge in [-0.05, 0) is 54.8 Å². The molecule has 4 nitrogen and oxygen atoms in total. The zero-order valence-electron chi connectivity index (χ0n) is 13.5. The van der Waals surface area contributed by atoms with Crippen molar-refractivity contribution in [2.75, 3.05) is 13.2 Å². The van der Waals surface area contributed by atoms with Crippen LogP contribution < -0.4 is 10.1 Å². The van der Waals surface area contributed by atoms with Crippen LogP contribution in [-0.4, -0.2) is 30.3 Å². The zero-order chi connectivity index (χ0) is 17.9. The smallest absolute Gasteiger partial charge is 0.230 e. The van der Waals surface area contributed by atoms with Gasteiger partial charge >= 0.3 is 0 Å². The first-order valence-electron chi connectivity index (χ1n) is 8.10. The molecule has 3 rings (SSSR count). The number of amides is 1. The average molecular weight is 347 g/mol. The molecule has 6 heteroatoms. The SMILES string of the molecule is O=C(NCC(O)COc1ccc(F)cc1)C1(c2cccc(F)c2)CC1. The van der Waals surface area contributed by atoms with E-state index in [1.54, 1.807) is 12.1 Å². The van der Waals surface area contributed by atoms with Crippen LogP contribution in [0.5, 0.6) is 5.75 Å². The van der Waals surface area contributed by atoms with Crippen LogP contribution in [0.1, 0.15) is 18.4 Å². The highest BCUT2D eigenvalue weighted by Gasteiger charge is 2.51. The number of nitrogens with one attached hydrogen (secondary N) is 1. The van der Waals surface area contributed by atoms with E-state index < -0.39 is 11.5 Å². The van der Waals surface area contributed by atoms with E-state index in [9.17, 15) is 18.7 Å². The van der Waals surface area contributed by atoms with Gasteiger partial charge in [-0.3, -0.25) is 4.79 Å². The monoisotopic (exact) mass is 347 g/mol. The van der Waals surface area contributed by atoms with E-state index in [1.807, 2.05) is 0 Å². The van der Waals surface area contributed by atoms with Crippen LogP contribution in [0, 0.1) is 11.6 Å². The molecule has 1 saturated carbocycles. The summed E-state index contributed by atoms with van der Waals surface area (Å²) in [7, 11) is 0. The van der Waals surface area contributed by atoms with Crippen molar-refractivity contribution < 1.29 is 23.4 Å². The van der Waals surface area contributed by atoms with Crippen LogP contribution in [-0.2, 0) is 10.2 Å². The molecule has 2 aromatic carbocycles. The summed E-state index contributed by atoms with van der Waals surface area (Å²) < 4.78 is 31.5. The summed E-state index contributed by atoms with van der Waals surface area (Å²) in [5.41, 5.74) is -0.0401. The predicted molar refractivity (Wildman–Crippen MR) is 88.2 cm³/mol. The molecule has 0 aliphatic heterocycles. The first kappa shape index (κ1) is 17.4. The van der Waals surface area contributed by atoms with Crippen LogP contribution in [0.3, 0.4) is 0 Å². The Kier molecular flexibility index (Phi) is 4.99. The Balaban J connectivity index is 1.49. The lowest BCUT2D eigenvalue weighted by Gasteiger charge is -2.18. The van der Waals surface area contributed by atoms with E-state index in [0.717, 1.165) is 0 Å². The van der Waals surface area contributed by atoms with Crippen molar-refractivity contribution in [3.05, 3.63) is 65.7 Å². The number of carbonyl (C=O) groups excluding carboxylic acids is 1. The van der Waals surface area contributed by atoms with Gasteiger partial charge < -0.3 is 15.2 Å². The molecular formula is C19H19F2NO3. The third-order valence-corrected chi connectivity index (χ3v) is 4.32. The summed E-state index contributed by atoms with van der Waals surface area (Å²) in [5.74, 6) is -0.527. The maximum atomic E-state index is 13.4. The fraction of sp³-hybridized carbons (Fsp3) is 0.316. The number of benzene rings is 2. The highest BCUT2D eigenvalue weighted by Crippen LogP contribution is 2.48. The topological polar surface area (TPSA) is 58.6 Å². The van der Waals surface area contributed by atoms with E-state index in [4.69, 9.17) is 4.74 Å². The van der Waals surface area contributed by atoms with Crippen molar-refractivity contribution >= 4 is 5.91 Å². The Hall–Kier alpha value is -2.47. The highest BCUT2D eigenvalue weighted by molar-refractivity contribution is 5.91. The van der Waals surface area contributed by atoms with Gasteiger partial charge in [0.15, 0.2) is 0 Å². The summed E-state index contributed by atoms with van der Waals surface area (Å²) in [6, 6.07) is 11.5. The van der Waals surface area contributed by atoms with Crippen LogP contribution in [0.25, 0.3) is 0 Å². The molecule has 132 valence electrons. The normalized spacial score (nSPS) is 16.1. The molecule has 2 aromatic rings. The molecule has 0 spiro atoms. The number of carbonyl (C=O) groups is 1. The van der Waals surface area contributed by atoms with Crippen molar-refractivity contribution in [3.8, 4) is 5.75 Å². The molecular weight excluding hydrogens is 328 g/mol. The lowest BCUT2D eigenvalue weighted by atomic mass is 9.95. The molecule has 1 atom stereocenters. The number of aliphatic hydroxyl groups excluding tert-OH is 1. The predicted octanol–water partition coefficient (Wildman–Crippen LogP) is 2.55. The maximum absolute atomic E-state index is 13.4. The summed E-state index contributed by atoms with van der Waals surface area (Å²) in [5, 5.41) is 12.6. The van der Waals surface area contributed by atoms with Crippen LogP contribution in [0.15, 0.2) is 48.5 Å². The molecule has 1 aliphatic carbocycles. The van der Waals surface area contributed by atoms with Gasteiger partial charge in [0.25, 0.3) is 0 Å². The minimum atomic E-state index is -0.905. The van der Waals surface area contributed by atoms with E-state index >= 15 is 0 Å². The second-order valence-electron chi connectivity index (χ2n) is 6.22. The van der Waals surface area contributed by atoms with E-state index in [2.05, 4.69) is 5.32 Å². The fourth-order valence-corrected chi connectivity index (χ4v) is 2.72. The lowest BCUT2D eigenvalue weighted by molar-refractivity contribution is -0.124. The summed E-state index contributed by atoms with van der Waals surface area (Å²) >= 11 is 0. The largest absolute Gasteiger partial charge is 0.491 e. The molecule has 0 saturated heterocycles. The minimum absolute atomic E-state index is 0.0249. The van der Waals surface area contributed by atoms with Gasteiger partial charge in [0.2, 0.25) is 5.91 Å². The van der Waals surface area contributed by atoms with Gasteiger partial charge in [0.05, 0.1) is 5.41 Å². The lowest BCUT2D eigenvalue weighted by Crippen LogP contribution is -2.40. The quantitative estimate of drug-likeness (QED) is 0.809. The Morgan fingerprint density at radius 3 is 2.52 bits per heavy atom. The Morgan fingerprint density at radius 1 is 1.16 bits per heavy atom. The maximum Gasteiger partial charge on any atom is 0.230 e. The van der Waals surface area contributed by atoms with Crippen molar-refractivity contribution in [3.63, 3.8) is 0 Å². The zero-order valence-corrected chi connectivity index (χ0v) is 13.5. The van der Waals surface area contributed by atoms with Crippen LogP contribution in [0.2, 0.25) is 0 Å².